The third-order valence-corrected chi connectivity index (χ3v) is 3.64. The maximum Gasteiger partial charge on any atom is 0.229 e. The van der Waals surface area contributed by atoms with E-state index in [1.165, 1.54) is 17.8 Å². The van der Waals surface area contributed by atoms with Gasteiger partial charge >= 0.3 is 0 Å². The van der Waals surface area contributed by atoms with Gasteiger partial charge in [-0.3, -0.25) is 9.36 Å². The zero-order valence-electron chi connectivity index (χ0n) is 10.2. The van der Waals surface area contributed by atoms with Gasteiger partial charge in [-0.15, -0.1) is 11.8 Å². The minimum atomic E-state index is -0.110. The van der Waals surface area contributed by atoms with Crippen LogP contribution in [0, 0.1) is 0 Å². The molecule has 2 heterocycles. The molecule has 7 heteroatoms. The van der Waals surface area contributed by atoms with E-state index in [1.807, 2.05) is 0 Å². The van der Waals surface area contributed by atoms with Gasteiger partial charge < -0.3 is 0 Å². The van der Waals surface area contributed by atoms with Crippen LogP contribution in [0.2, 0.25) is 5.28 Å². The third kappa shape index (κ3) is 2.64. The molecule has 0 aliphatic heterocycles. The lowest BCUT2D eigenvalue weighted by atomic mass is 10.4. The Labute approximate surface area is 114 Å². The van der Waals surface area contributed by atoms with Crippen LogP contribution in [0.4, 0.5) is 0 Å². The maximum absolute atomic E-state index is 11.5. The molecule has 0 unspecified atom stereocenters. The van der Waals surface area contributed by atoms with Crippen LogP contribution < -0.4 is 0 Å². The highest BCUT2D eigenvalue weighted by atomic mass is 35.5. The van der Waals surface area contributed by atoms with Gasteiger partial charge in [-0.2, -0.15) is 4.98 Å². The summed E-state index contributed by atoms with van der Waals surface area (Å²) in [5.74, 6) is 0.822. The normalized spacial score (nSPS) is 11.1. The van der Waals surface area contributed by atoms with Gasteiger partial charge in [0.05, 0.1) is 0 Å². The zero-order valence-corrected chi connectivity index (χ0v) is 11.8. The van der Waals surface area contributed by atoms with E-state index in [2.05, 4.69) is 21.9 Å². The number of imidazole rings is 1. The van der Waals surface area contributed by atoms with Crippen molar-refractivity contribution in [1.29, 1.82) is 0 Å². The van der Waals surface area contributed by atoms with Crippen molar-refractivity contribution in [2.24, 2.45) is 0 Å². The molecule has 0 aromatic carbocycles. The van der Waals surface area contributed by atoms with Crippen molar-refractivity contribution in [2.45, 2.75) is 31.7 Å². The quantitative estimate of drug-likeness (QED) is 0.374. The lowest BCUT2D eigenvalue weighted by Gasteiger charge is -2.04. The van der Waals surface area contributed by atoms with Gasteiger partial charge in [0, 0.05) is 6.92 Å². The molecule has 18 heavy (non-hydrogen) atoms. The van der Waals surface area contributed by atoms with Crippen LogP contribution in [0.1, 0.15) is 31.5 Å². The molecule has 0 aliphatic rings. The van der Waals surface area contributed by atoms with E-state index in [0.29, 0.717) is 16.2 Å². The Balaban J connectivity index is 2.47. The summed E-state index contributed by atoms with van der Waals surface area (Å²) >= 11 is 7.43. The largest absolute Gasteiger partial charge is 0.274 e. The van der Waals surface area contributed by atoms with E-state index < -0.39 is 0 Å². The zero-order chi connectivity index (χ0) is 13.1. The van der Waals surface area contributed by atoms with Crippen LogP contribution >= 0.6 is 23.4 Å². The number of nitrogens with zero attached hydrogens (tertiary/aromatic N) is 4. The van der Waals surface area contributed by atoms with Gasteiger partial charge in [-0.25, -0.2) is 9.97 Å². The Morgan fingerprint density at radius 3 is 2.94 bits per heavy atom. The van der Waals surface area contributed by atoms with Gasteiger partial charge in [-0.1, -0.05) is 13.3 Å². The average Bonchev–Trinajstić information content (AvgIpc) is 2.72. The molecule has 0 N–H and O–H groups in total. The molecule has 0 spiro atoms. The predicted molar refractivity (Wildman–Crippen MR) is 72.3 cm³/mol. The van der Waals surface area contributed by atoms with Crippen LogP contribution in [0.5, 0.6) is 0 Å². The van der Waals surface area contributed by atoms with Crippen molar-refractivity contribution in [3.8, 4) is 0 Å². The summed E-state index contributed by atoms with van der Waals surface area (Å²) in [6.45, 7) is 3.61. The molecule has 0 atom stereocenters. The van der Waals surface area contributed by atoms with Crippen LogP contribution in [0.15, 0.2) is 11.4 Å². The van der Waals surface area contributed by atoms with Crippen molar-refractivity contribution in [2.75, 3.05) is 5.75 Å². The Bertz CT molecular complexity index is 584. The molecule has 0 aliphatic carbocycles. The Kier molecular flexibility index (Phi) is 4.19. The summed E-state index contributed by atoms with van der Waals surface area (Å²) in [5, 5.41) is 0.876. The first-order valence-electron chi connectivity index (χ1n) is 5.67. The van der Waals surface area contributed by atoms with E-state index in [4.69, 9.17) is 11.6 Å². The Hall–Kier alpha value is -1.14. The average molecular weight is 285 g/mol. The van der Waals surface area contributed by atoms with E-state index in [-0.39, 0.29) is 11.2 Å². The standard InChI is InChI=1S/C11H13ClN4OS/c1-3-4-5-18-10-8-9(14-11(12)15-10)13-6-16(8)7(2)17/h6H,3-5H2,1-2H3. The maximum atomic E-state index is 11.5. The molecule has 2 rings (SSSR count). The number of rotatable bonds is 4. The number of carbonyl (C=O) groups excluding carboxylic acids is 1. The molecule has 0 fully saturated rings. The molecular weight excluding hydrogens is 272 g/mol. The summed E-state index contributed by atoms with van der Waals surface area (Å²) in [6.07, 6.45) is 3.66. The topological polar surface area (TPSA) is 60.7 Å². The minimum Gasteiger partial charge on any atom is -0.274 e. The van der Waals surface area contributed by atoms with Gasteiger partial charge in [0.1, 0.15) is 16.9 Å². The Morgan fingerprint density at radius 1 is 1.50 bits per heavy atom. The molecule has 0 radical (unpaired) electrons. The summed E-state index contributed by atoms with van der Waals surface area (Å²) < 4.78 is 1.46. The van der Waals surface area contributed by atoms with E-state index in [0.717, 1.165) is 18.6 Å². The number of thioether (sulfide) groups is 1. The number of carbonyl (C=O) groups is 1. The van der Waals surface area contributed by atoms with Crippen molar-refractivity contribution in [3.05, 3.63) is 11.6 Å². The summed E-state index contributed by atoms with van der Waals surface area (Å²) in [4.78, 5) is 23.8. The van der Waals surface area contributed by atoms with Crippen LogP contribution in [-0.2, 0) is 0 Å². The molecular formula is C11H13ClN4OS. The van der Waals surface area contributed by atoms with E-state index in [1.54, 1.807) is 11.8 Å². The third-order valence-electron chi connectivity index (χ3n) is 2.42. The van der Waals surface area contributed by atoms with E-state index >= 15 is 0 Å². The molecule has 2 aromatic heterocycles. The number of aromatic nitrogens is 4. The summed E-state index contributed by atoms with van der Waals surface area (Å²) in [6, 6.07) is 0. The van der Waals surface area contributed by atoms with Crippen LogP contribution in [0.3, 0.4) is 0 Å². The molecule has 0 saturated carbocycles. The van der Waals surface area contributed by atoms with Gasteiger partial charge in [0.2, 0.25) is 11.2 Å². The van der Waals surface area contributed by atoms with Crippen molar-refractivity contribution < 1.29 is 4.79 Å². The number of halogens is 1. The predicted octanol–water partition coefficient (Wildman–Crippen LogP) is 3.03. The van der Waals surface area contributed by atoms with Crippen LogP contribution in [-0.4, -0.2) is 31.2 Å². The summed E-state index contributed by atoms with van der Waals surface area (Å²) in [7, 11) is 0. The SMILES string of the molecule is CCCCSc1nc(Cl)nc2ncn(C(C)=O)c12. The fourth-order valence-electron chi connectivity index (χ4n) is 1.52. The summed E-state index contributed by atoms with van der Waals surface area (Å²) in [5.41, 5.74) is 1.11. The van der Waals surface area contributed by atoms with Gasteiger partial charge in [0.15, 0.2) is 5.65 Å². The smallest absolute Gasteiger partial charge is 0.229 e. The second kappa shape index (κ2) is 5.67. The number of hydrogen-bond donors (Lipinski definition) is 0. The first-order valence-corrected chi connectivity index (χ1v) is 7.04. The van der Waals surface area contributed by atoms with Crippen molar-refractivity contribution in [3.63, 3.8) is 0 Å². The fraction of sp³-hybridized carbons (Fsp3) is 0.455. The molecule has 2 aromatic rings. The Morgan fingerprint density at radius 2 is 2.28 bits per heavy atom. The fourth-order valence-corrected chi connectivity index (χ4v) is 2.84. The minimum absolute atomic E-state index is 0.110. The highest BCUT2D eigenvalue weighted by Crippen LogP contribution is 2.26. The highest BCUT2D eigenvalue weighted by molar-refractivity contribution is 7.99. The number of fused-ring (bicyclic) bond motifs is 1. The molecule has 5 nitrogen and oxygen atoms in total. The van der Waals surface area contributed by atoms with Gasteiger partial charge in [0.25, 0.3) is 0 Å². The molecule has 0 amide bonds. The van der Waals surface area contributed by atoms with Crippen molar-refractivity contribution in [1.82, 2.24) is 19.5 Å². The highest BCUT2D eigenvalue weighted by Gasteiger charge is 2.15. The number of unbranched alkanes of at least 4 members (excludes halogenated alkanes) is 1. The molecule has 96 valence electrons. The molecule has 0 bridgehead atoms. The lowest BCUT2D eigenvalue weighted by molar-refractivity contribution is 0.0940. The van der Waals surface area contributed by atoms with E-state index in [9.17, 15) is 4.79 Å². The second-order valence-electron chi connectivity index (χ2n) is 3.81. The molecule has 0 saturated heterocycles. The van der Waals surface area contributed by atoms with Gasteiger partial charge in [-0.05, 0) is 23.8 Å². The first kappa shape index (κ1) is 13.3. The second-order valence-corrected chi connectivity index (χ2v) is 5.23. The lowest BCUT2D eigenvalue weighted by Crippen LogP contribution is -2.05. The monoisotopic (exact) mass is 284 g/mol. The number of hydrogen-bond acceptors (Lipinski definition) is 5. The first-order chi connectivity index (χ1) is 8.63. The van der Waals surface area contributed by atoms with Crippen LogP contribution in [0.25, 0.3) is 11.2 Å². The van der Waals surface area contributed by atoms with Crippen molar-refractivity contribution >= 4 is 40.4 Å².